The average molecular weight is 435 g/mol. The summed E-state index contributed by atoms with van der Waals surface area (Å²) in [5.41, 5.74) is -0.731. The maximum Gasteiger partial charge on any atom is 0.257 e. The van der Waals surface area contributed by atoms with Crippen LogP contribution < -0.4 is 16.1 Å². The van der Waals surface area contributed by atoms with Gasteiger partial charge in [0.2, 0.25) is 5.43 Å². The number of rotatable bonds is 10. The molecule has 7 nitrogen and oxygen atoms in total. The molecule has 0 saturated carbocycles. The Morgan fingerprint density at radius 2 is 1.71 bits per heavy atom. The van der Waals surface area contributed by atoms with E-state index in [1.807, 2.05) is 13.8 Å². The Bertz CT molecular complexity index is 989. The first-order valence-electron chi connectivity index (χ1n) is 9.96. The van der Waals surface area contributed by atoms with E-state index >= 15 is 0 Å². The lowest BCUT2D eigenvalue weighted by atomic mass is 10.1. The van der Waals surface area contributed by atoms with Gasteiger partial charge in [-0.2, -0.15) is 0 Å². The van der Waals surface area contributed by atoms with Crippen LogP contribution in [0.15, 0.2) is 35.4 Å². The number of hydrogen-bond acceptors (Lipinski definition) is 4. The number of aryl methyl sites for hydroxylation is 1. The molecular weight excluding hydrogens is 408 g/mol. The van der Waals surface area contributed by atoms with Crippen LogP contribution in [-0.4, -0.2) is 36.6 Å². The zero-order valence-corrected chi connectivity index (χ0v) is 17.8. The van der Waals surface area contributed by atoms with E-state index in [4.69, 9.17) is 4.74 Å². The molecule has 0 radical (unpaired) electrons. The van der Waals surface area contributed by atoms with E-state index in [1.54, 1.807) is 4.57 Å². The SMILES string of the molecule is COCCNC(=O)c1cn(CCC(C)C)cc(C(=O)NCc2ccc(F)c(F)c2)c1=O. The van der Waals surface area contributed by atoms with Crippen molar-refractivity contribution in [1.82, 2.24) is 15.2 Å². The number of aromatic nitrogens is 1. The van der Waals surface area contributed by atoms with Crippen LogP contribution >= 0.6 is 0 Å². The van der Waals surface area contributed by atoms with Gasteiger partial charge in [0.15, 0.2) is 11.6 Å². The average Bonchev–Trinajstić information content (AvgIpc) is 2.73. The van der Waals surface area contributed by atoms with Crippen molar-refractivity contribution in [2.24, 2.45) is 5.92 Å². The van der Waals surface area contributed by atoms with Gasteiger partial charge in [-0.25, -0.2) is 8.78 Å². The quantitative estimate of drug-likeness (QED) is 0.561. The van der Waals surface area contributed by atoms with Gasteiger partial charge in [0.1, 0.15) is 11.1 Å². The molecule has 1 aromatic carbocycles. The fraction of sp³-hybridized carbons (Fsp3) is 0.409. The highest BCUT2D eigenvalue weighted by Crippen LogP contribution is 2.09. The Kier molecular flexibility index (Phi) is 8.87. The molecule has 1 heterocycles. The second-order valence-electron chi connectivity index (χ2n) is 7.51. The number of hydrogen-bond donors (Lipinski definition) is 2. The fourth-order valence-corrected chi connectivity index (χ4v) is 2.78. The van der Waals surface area contributed by atoms with Crippen LogP contribution in [0.3, 0.4) is 0 Å². The highest BCUT2D eigenvalue weighted by molar-refractivity contribution is 5.99. The zero-order valence-electron chi connectivity index (χ0n) is 17.8. The summed E-state index contributed by atoms with van der Waals surface area (Å²) in [5, 5.41) is 5.10. The number of ether oxygens (including phenoxy) is 1. The first-order valence-corrected chi connectivity index (χ1v) is 9.96. The minimum Gasteiger partial charge on any atom is -0.383 e. The van der Waals surface area contributed by atoms with Crippen molar-refractivity contribution in [1.29, 1.82) is 0 Å². The summed E-state index contributed by atoms with van der Waals surface area (Å²) in [6.45, 7) is 4.98. The zero-order chi connectivity index (χ0) is 23.0. The molecule has 168 valence electrons. The highest BCUT2D eigenvalue weighted by Gasteiger charge is 2.19. The molecule has 2 amide bonds. The largest absolute Gasteiger partial charge is 0.383 e. The monoisotopic (exact) mass is 435 g/mol. The molecule has 31 heavy (non-hydrogen) atoms. The summed E-state index contributed by atoms with van der Waals surface area (Å²) in [6.07, 6.45) is 3.61. The first-order chi connectivity index (χ1) is 14.7. The maximum absolute atomic E-state index is 13.4. The Balaban J connectivity index is 2.27. The molecule has 0 atom stereocenters. The number of halogens is 2. The van der Waals surface area contributed by atoms with E-state index in [-0.39, 0.29) is 30.8 Å². The first kappa shape index (κ1) is 24.2. The number of methoxy groups -OCH3 is 1. The van der Waals surface area contributed by atoms with Crippen molar-refractivity contribution in [3.63, 3.8) is 0 Å². The van der Waals surface area contributed by atoms with E-state index in [9.17, 15) is 23.2 Å². The van der Waals surface area contributed by atoms with Gasteiger partial charge in [-0.15, -0.1) is 0 Å². The predicted molar refractivity (Wildman–Crippen MR) is 112 cm³/mol. The second-order valence-corrected chi connectivity index (χ2v) is 7.51. The number of nitrogens with one attached hydrogen (secondary N) is 2. The molecule has 0 aliphatic carbocycles. The summed E-state index contributed by atoms with van der Waals surface area (Å²) in [6, 6.07) is 3.26. The van der Waals surface area contributed by atoms with Gasteiger partial charge in [-0.05, 0) is 30.0 Å². The summed E-state index contributed by atoms with van der Waals surface area (Å²) in [5.74, 6) is -2.95. The molecular formula is C22H27F2N3O4. The Morgan fingerprint density at radius 1 is 1.06 bits per heavy atom. The van der Waals surface area contributed by atoms with Crippen LogP contribution in [0.4, 0.5) is 8.78 Å². The van der Waals surface area contributed by atoms with Gasteiger partial charge >= 0.3 is 0 Å². The standard InChI is InChI=1S/C22H27F2N3O4/c1-14(2)6-8-27-12-16(21(29)25-7-9-31-3)20(28)17(13-27)22(30)26-11-15-4-5-18(23)19(24)10-15/h4-5,10,12-14H,6-9,11H2,1-3H3,(H,25,29)(H,26,30). The van der Waals surface area contributed by atoms with Gasteiger partial charge in [0, 0.05) is 39.1 Å². The molecule has 0 spiro atoms. The molecule has 0 saturated heterocycles. The smallest absolute Gasteiger partial charge is 0.257 e. The molecule has 2 aromatic rings. The van der Waals surface area contributed by atoms with Gasteiger partial charge in [0.05, 0.1) is 6.61 Å². The molecule has 2 rings (SSSR count). The molecule has 0 fully saturated rings. The van der Waals surface area contributed by atoms with Gasteiger partial charge < -0.3 is 19.9 Å². The van der Waals surface area contributed by atoms with Crippen LogP contribution in [0.25, 0.3) is 0 Å². The third kappa shape index (κ3) is 6.99. The number of nitrogens with zero attached hydrogens (tertiary/aromatic N) is 1. The summed E-state index contributed by atoms with van der Waals surface area (Å²) in [7, 11) is 1.49. The Hall–Kier alpha value is -3.07. The molecule has 0 unspecified atom stereocenters. The number of benzene rings is 1. The number of amides is 2. The van der Waals surface area contributed by atoms with Crippen molar-refractivity contribution in [2.45, 2.75) is 33.4 Å². The van der Waals surface area contributed by atoms with Crippen LogP contribution in [0.5, 0.6) is 0 Å². The summed E-state index contributed by atoms with van der Waals surface area (Å²) in [4.78, 5) is 37.9. The van der Waals surface area contributed by atoms with E-state index in [0.717, 1.165) is 18.6 Å². The minimum atomic E-state index is -1.03. The van der Waals surface area contributed by atoms with Gasteiger partial charge in [-0.3, -0.25) is 14.4 Å². The van der Waals surface area contributed by atoms with Crippen LogP contribution in [-0.2, 0) is 17.8 Å². The van der Waals surface area contributed by atoms with Crippen LogP contribution in [0.2, 0.25) is 0 Å². The second kappa shape index (κ2) is 11.4. The lowest BCUT2D eigenvalue weighted by Gasteiger charge is -2.14. The summed E-state index contributed by atoms with van der Waals surface area (Å²) >= 11 is 0. The molecule has 9 heteroatoms. The molecule has 0 bridgehead atoms. The summed E-state index contributed by atoms with van der Waals surface area (Å²) < 4.78 is 33.0. The van der Waals surface area contributed by atoms with E-state index in [1.165, 1.54) is 25.6 Å². The fourth-order valence-electron chi connectivity index (χ4n) is 2.78. The number of carbonyl (C=O) groups is 2. The molecule has 0 aliphatic rings. The van der Waals surface area contributed by atoms with Crippen LogP contribution in [0.1, 0.15) is 46.5 Å². The third-order valence-electron chi connectivity index (χ3n) is 4.56. The predicted octanol–water partition coefficient (Wildman–Crippen LogP) is 2.48. The van der Waals surface area contributed by atoms with E-state index in [0.29, 0.717) is 18.0 Å². The van der Waals surface area contributed by atoms with Crippen LogP contribution in [0, 0.1) is 17.6 Å². The minimum absolute atomic E-state index is 0.105. The molecule has 0 aliphatic heterocycles. The number of pyridine rings is 1. The topological polar surface area (TPSA) is 89.4 Å². The number of carbonyl (C=O) groups excluding carboxylic acids is 2. The van der Waals surface area contributed by atoms with Gasteiger partial charge in [0.25, 0.3) is 11.8 Å². The lowest BCUT2D eigenvalue weighted by molar-refractivity contribution is 0.0935. The third-order valence-corrected chi connectivity index (χ3v) is 4.56. The van der Waals surface area contributed by atoms with Crippen molar-refractivity contribution in [2.75, 3.05) is 20.3 Å². The lowest BCUT2D eigenvalue weighted by Crippen LogP contribution is -2.36. The van der Waals surface area contributed by atoms with E-state index < -0.39 is 28.9 Å². The van der Waals surface area contributed by atoms with Crippen molar-refractivity contribution in [3.05, 3.63) is 69.1 Å². The van der Waals surface area contributed by atoms with E-state index in [2.05, 4.69) is 10.6 Å². The Morgan fingerprint density at radius 3 is 2.29 bits per heavy atom. The van der Waals surface area contributed by atoms with Gasteiger partial charge in [-0.1, -0.05) is 19.9 Å². The normalized spacial score (nSPS) is 10.9. The molecule has 1 aromatic heterocycles. The van der Waals surface area contributed by atoms with Crippen molar-refractivity contribution < 1.29 is 23.1 Å². The van der Waals surface area contributed by atoms with Crippen molar-refractivity contribution in [3.8, 4) is 0 Å². The highest BCUT2D eigenvalue weighted by atomic mass is 19.2. The van der Waals surface area contributed by atoms with Crippen molar-refractivity contribution >= 4 is 11.8 Å². The maximum atomic E-state index is 13.4. The Labute approximate surface area is 179 Å². The molecule has 2 N–H and O–H groups in total.